The van der Waals surface area contributed by atoms with E-state index in [1.807, 2.05) is 0 Å². The fourth-order valence-electron chi connectivity index (χ4n) is 2.64. The van der Waals surface area contributed by atoms with Crippen molar-refractivity contribution in [3.63, 3.8) is 0 Å². The molecule has 2 aromatic carbocycles. The molecule has 3 aromatic rings. The van der Waals surface area contributed by atoms with Crippen LogP contribution in [0.25, 0.3) is 0 Å². The van der Waals surface area contributed by atoms with Gasteiger partial charge in [0.1, 0.15) is 10.7 Å². The third-order valence-electron chi connectivity index (χ3n) is 3.99. The Hall–Kier alpha value is -2.97. The van der Waals surface area contributed by atoms with Crippen molar-refractivity contribution >= 4 is 33.2 Å². The Bertz CT molecular complexity index is 1170. The molecule has 0 saturated carbocycles. The van der Waals surface area contributed by atoms with Crippen LogP contribution in [0, 0.1) is 12.7 Å². The Morgan fingerprint density at radius 1 is 1.14 bits per heavy atom. The van der Waals surface area contributed by atoms with Gasteiger partial charge in [-0.3, -0.25) is 14.5 Å². The zero-order chi connectivity index (χ0) is 21.0. The Labute approximate surface area is 172 Å². The van der Waals surface area contributed by atoms with Crippen molar-refractivity contribution in [3.05, 3.63) is 88.5 Å². The zero-order valence-corrected chi connectivity index (χ0v) is 16.9. The van der Waals surface area contributed by atoms with Crippen LogP contribution in [0.4, 0.5) is 10.1 Å². The molecule has 2 N–H and O–H groups in total. The molecular formula is C20H17ClFN3O3S. The van der Waals surface area contributed by atoms with Gasteiger partial charge in [-0.25, -0.2) is 12.8 Å². The molecule has 0 spiro atoms. The fourth-order valence-corrected chi connectivity index (χ4v) is 4.08. The molecule has 1 aromatic heterocycles. The number of anilines is 1. The molecule has 0 aliphatic heterocycles. The minimum atomic E-state index is -4.02. The van der Waals surface area contributed by atoms with E-state index in [-0.39, 0.29) is 22.0 Å². The first kappa shape index (κ1) is 20.8. The van der Waals surface area contributed by atoms with Crippen molar-refractivity contribution in [2.75, 3.05) is 4.72 Å². The highest BCUT2D eigenvalue weighted by molar-refractivity contribution is 7.92. The second-order valence-electron chi connectivity index (χ2n) is 6.28. The lowest BCUT2D eigenvalue weighted by Crippen LogP contribution is -2.26. The molecule has 6 nitrogen and oxygen atoms in total. The molecule has 0 aliphatic carbocycles. The SMILES string of the molecule is Cc1cncc(NS(=O)(=O)c2ccccc2C(=O)NCc2ccc(F)c(Cl)c2)c1. The van der Waals surface area contributed by atoms with Gasteiger partial charge in [-0.05, 0) is 48.4 Å². The molecule has 1 heterocycles. The van der Waals surface area contributed by atoms with E-state index in [9.17, 15) is 17.6 Å². The lowest BCUT2D eigenvalue weighted by molar-refractivity contribution is 0.0947. The number of aryl methyl sites for hydroxylation is 1. The summed E-state index contributed by atoms with van der Waals surface area (Å²) >= 11 is 5.74. The number of hydrogen-bond donors (Lipinski definition) is 2. The van der Waals surface area contributed by atoms with Gasteiger partial charge in [-0.1, -0.05) is 29.8 Å². The number of carbonyl (C=O) groups excluding carboxylic acids is 1. The summed E-state index contributed by atoms with van der Waals surface area (Å²) < 4.78 is 41.3. The molecule has 9 heteroatoms. The summed E-state index contributed by atoms with van der Waals surface area (Å²) in [6.07, 6.45) is 2.98. The van der Waals surface area contributed by atoms with Crippen LogP contribution in [0.15, 0.2) is 65.8 Å². The van der Waals surface area contributed by atoms with Gasteiger partial charge in [0.05, 0.1) is 22.5 Å². The Morgan fingerprint density at radius 2 is 1.90 bits per heavy atom. The van der Waals surface area contributed by atoms with Crippen molar-refractivity contribution in [1.29, 1.82) is 0 Å². The Kier molecular flexibility index (Phi) is 6.14. The number of nitrogens with zero attached hydrogens (tertiary/aromatic N) is 1. The summed E-state index contributed by atoms with van der Waals surface area (Å²) in [4.78, 5) is 16.4. The third kappa shape index (κ3) is 5.10. The van der Waals surface area contributed by atoms with Gasteiger partial charge in [-0.15, -0.1) is 0 Å². The van der Waals surface area contributed by atoms with E-state index in [1.165, 1.54) is 42.6 Å². The van der Waals surface area contributed by atoms with Gasteiger partial charge in [-0.2, -0.15) is 0 Å². The predicted molar refractivity (Wildman–Crippen MR) is 109 cm³/mol. The monoisotopic (exact) mass is 433 g/mol. The van der Waals surface area contributed by atoms with E-state index < -0.39 is 21.7 Å². The smallest absolute Gasteiger partial charge is 0.262 e. The molecule has 150 valence electrons. The standard InChI is InChI=1S/C20H17ClFN3O3S/c1-13-8-15(12-23-10-13)25-29(27,28)19-5-3-2-4-16(19)20(26)24-11-14-6-7-18(22)17(21)9-14/h2-10,12,25H,11H2,1H3,(H,24,26). The third-order valence-corrected chi connectivity index (χ3v) is 5.71. The molecule has 0 bridgehead atoms. The quantitative estimate of drug-likeness (QED) is 0.616. The molecule has 3 rings (SSSR count). The van der Waals surface area contributed by atoms with E-state index in [4.69, 9.17) is 11.6 Å². The van der Waals surface area contributed by atoms with Gasteiger partial charge < -0.3 is 5.32 Å². The molecule has 29 heavy (non-hydrogen) atoms. The zero-order valence-electron chi connectivity index (χ0n) is 15.3. The largest absolute Gasteiger partial charge is 0.348 e. The van der Waals surface area contributed by atoms with Crippen molar-refractivity contribution < 1.29 is 17.6 Å². The normalized spacial score (nSPS) is 11.1. The number of pyridine rings is 1. The van der Waals surface area contributed by atoms with Crippen LogP contribution in [-0.4, -0.2) is 19.3 Å². The van der Waals surface area contributed by atoms with Gasteiger partial charge in [0, 0.05) is 12.7 Å². The summed E-state index contributed by atoms with van der Waals surface area (Å²) in [5.74, 6) is -1.15. The van der Waals surface area contributed by atoms with Crippen LogP contribution in [-0.2, 0) is 16.6 Å². The minimum Gasteiger partial charge on any atom is -0.348 e. The van der Waals surface area contributed by atoms with E-state index >= 15 is 0 Å². The van der Waals surface area contributed by atoms with E-state index in [1.54, 1.807) is 25.3 Å². The average molecular weight is 434 g/mol. The maximum atomic E-state index is 13.3. The number of rotatable bonds is 6. The summed E-state index contributed by atoms with van der Waals surface area (Å²) in [5, 5.41) is 2.56. The maximum Gasteiger partial charge on any atom is 0.262 e. The van der Waals surface area contributed by atoms with Gasteiger partial charge in [0.2, 0.25) is 0 Å². The van der Waals surface area contributed by atoms with E-state index in [0.717, 1.165) is 5.56 Å². The molecule has 0 fully saturated rings. The highest BCUT2D eigenvalue weighted by Gasteiger charge is 2.22. The van der Waals surface area contributed by atoms with Crippen molar-refractivity contribution in [3.8, 4) is 0 Å². The molecule has 0 aliphatic rings. The molecular weight excluding hydrogens is 417 g/mol. The van der Waals surface area contributed by atoms with Gasteiger partial charge >= 0.3 is 0 Å². The van der Waals surface area contributed by atoms with Crippen molar-refractivity contribution in [2.45, 2.75) is 18.4 Å². The lowest BCUT2D eigenvalue weighted by Gasteiger charge is -2.13. The number of halogens is 2. The molecule has 0 unspecified atom stereocenters. The molecule has 0 atom stereocenters. The average Bonchev–Trinajstić information content (AvgIpc) is 2.68. The van der Waals surface area contributed by atoms with E-state index in [2.05, 4.69) is 15.0 Å². The van der Waals surface area contributed by atoms with Crippen LogP contribution in [0.1, 0.15) is 21.5 Å². The molecule has 0 saturated heterocycles. The van der Waals surface area contributed by atoms with Crippen LogP contribution in [0.5, 0.6) is 0 Å². The highest BCUT2D eigenvalue weighted by atomic mass is 35.5. The number of aromatic nitrogens is 1. The summed E-state index contributed by atoms with van der Waals surface area (Å²) in [6, 6.07) is 11.6. The summed E-state index contributed by atoms with van der Waals surface area (Å²) in [7, 11) is -4.02. The van der Waals surface area contributed by atoms with Crippen molar-refractivity contribution in [1.82, 2.24) is 10.3 Å². The first-order valence-electron chi connectivity index (χ1n) is 8.52. The predicted octanol–water partition coefficient (Wildman–Crippen LogP) is 3.91. The molecule has 1 amide bonds. The number of amides is 1. The number of nitrogens with one attached hydrogen (secondary N) is 2. The van der Waals surface area contributed by atoms with Crippen LogP contribution in [0.2, 0.25) is 5.02 Å². The van der Waals surface area contributed by atoms with Crippen LogP contribution >= 0.6 is 11.6 Å². The topological polar surface area (TPSA) is 88.2 Å². The summed E-state index contributed by atoms with van der Waals surface area (Å²) in [6.45, 7) is 1.84. The Balaban J connectivity index is 1.81. The van der Waals surface area contributed by atoms with Crippen LogP contribution in [0.3, 0.4) is 0 Å². The fraction of sp³-hybridized carbons (Fsp3) is 0.100. The van der Waals surface area contributed by atoms with Crippen molar-refractivity contribution in [2.24, 2.45) is 0 Å². The number of sulfonamides is 1. The van der Waals surface area contributed by atoms with Gasteiger partial charge in [0.15, 0.2) is 0 Å². The second kappa shape index (κ2) is 8.59. The second-order valence-corrected chi connectivity index (χ2v) is 8.34. The number of benzene rings is 2. The van der Waals surface area contributed by atoms with Gasteiger partial charge in [0.25, 0.3) is 15.9 Å². The first-order chi connectivity index (χ1) is 13.8. The highest BCUT2D eigenvalue weighted by Crippen LogP contribution is 2.20. The first-order valence-corrected chi connectivity index (χ1v) is 10.4. The Morgan fingerprint density at radius 3 is 2.62 bits per heavy atom. The van der Waals surface area contributed by atoms with Crippen LogP contribution < -0.4 is 10.0 Å². The number of hydrogen-bond acceptors (Lipinski definition) is 4. The number of carbonyl (C=O) groups is 1. The maximum absolute atomic E-state index is 13.3. The summed E-state index contributed by atoms with van der Waals surface area (Å²) in [5.41, 5.74) is 1.64. The molecule has 0 radical (unpaired) electrons. The van der Waals surface area contributed by atoms with E-state index in [0.29, 0.717) is 11.3 Å². The lowest BCUT2D eigenvalue weighted by atomic mass is 10.2. The minimum absolute atomic E-state index is 0.0196.